The van der Waals surface area contributed by atoms with Crippen LogP contribution in [-0.4, -0.2) is 98.5 Å². The molecule has 2 N–H and O–H groups in total. The maximum absolute atomic E-state index is 11.9. The molecule has 236 valence electrons. The van der Waals surface area contributed by atoms with Crippen LogP contribution >= 0.6 is 23.2 Å². The lowest BCUT2D eigenvalue weighted by molar-refractivity contribution is -0.120. The molecular weight excluding hydrogens is 627 g/mol. The summed E-state index contributed by atoms with van der Waals surface area (Å²) in [5, 5.41) is 3.84. The van der Waals surface area contributed by atoms with E-state index >= 15 is 0 Å². The van der Waals surface area contributed by atoms with Crippen LogP contribution in [0.2, 0.25) is 10.0 Å². The van der Waals surface area contributed by atoms with Gasteiger partial charge in [-0.1, -0.05) is 23.2 Å². The smallest absolute Gasteiger partial charge is 0.235 e. The minimum Gasteiger partial charge on any atom is -0.436 e. The Hall–Kier alpha value is -3.07. The van der Waals surface area contributed by atoms with E-state index in [-0.39, 0.29) is 12.5 Å². The molecule has 2 fully saturated rings. The van der Waals surface area contributed by atoms with Crippen LogP contribution in [-0.2, 0) is 22.2 Å². The highest BCUT2D eigenvalue weighted by atomic mass is 35.5. The minimum atomic E-state index is -2.79. The Kier molecular flexibility index (Phi) is 11.2. The van der Waals surface area contributed by atoms with Gasteiger partial charge in [-0.2, -0.15) is 0 Å². The van der Waals surface area contributed by atoms with Gasteiger partial charge in [0.05, 0.1) is 24.6 Å². The third kappa shape index (κ3) is 9.46. The van der Waals surface area contributed by atoms with Crippen LogP contribution in [0.5, 0.6) is 11.6 Å². The predicted octanol–water partition coefficient (Wildman–Crippen LogP) is 2.83. The van der Waals surface area contributed by atoms with E-state index in [1.165, 1.54) is 0 Å². The van der Waals surface area contributed by atoms with Gasteiger partial charge in [-0.05, 0) is 68.7 Å². The number of aromatic nitrogens is 3. The normalized spacial score (nSPS) is 16.8. The van der Waals surface area contributed by atoms with E-state index in [0.717, 1.165) is 63.2 Å². The quantitative estimate of drug-likeness (QED) is 0.263. The Morgan fingerprint density at radius 3 is 2.32 bits per heavy atom. The van der Waals surface area contributed by atoms with Crippen LogP contribution < -0.4 is 19.7 Å². The maximum Gasteiger partial charge on any atom is 0.235 e. The van der Waals surface area contributed by atoms with Gasteiger partial charge in [-0.3, -0.25) is 9.69 Å². The number of halogens is 2. The first kappa shape index (κ1) is 32.3. The van der Waals surface area contributed by atoms with E-state index in [1.807, 2.05) is 24.3 Å². The van der Waals surface area contributed by atoms with Crippen molar-refractivity contribution in [3.8, 4) is 22.9 Å². The number of nitrogens with one attached hydrogen (secondary N) is 2. The number of thiol groups is 1. The van der Waals surface area contributed by atoms with Gasteiger partial charge in [-0.25, -0.2) is 28.1 Å². The van der Waals surface area contributed by atoms with E-state index in [4.69, 9.17) is 32.9 Å². The van der Waals surface area contributed by atoms with E-state index in [1.54, 1.807) is 18.5 Å². The number of likely N-dealkylation sites (tertiary alicyclic amines) is 1. The Labute approximate surface area is 268 Å². The first-order chi connectivity index (χ1) is 21.2. The van der Waals surface area contributed by atoms with Crippen LogP contribution in [0.25, 0.3) is 11.3 Å². The molecule has 2 aromatic heterocycles. The monoisotopic (exact) mass is 662 g/mol. The zero-order valence-electron chi connectivity index (χ0n) is 24.4. The molecule has 0 atom stereocenters. The molecule has 1 aromatic carbocycles. The van der Waals surface area contributed by atoms with Gasteiger partial charge >= 0.3 is 0 Å². The lowest BCUT2D eigenvalue weighted by atomic mass is 9.96. The molecule has 15 heteroatoms. The summed E-state index contributed by atoms with van der Waals surface area (Å²) >= 11 is 12.6. The molecular formula is C29H36Cl2N8O4S. The molecule has 0 spiro atoms. The third-order valence-electron chi connectivity index (χ3n) is 7.71. The Balaban J connectivity index is 1.26. The number of piperidine rings is 1. The van der Waals surface area contributed by atoms with Crippen LogP contribution in [0.4, 0.5) is 5.95 Å². The van der Waals surface area contributed by atoms with E-state index in [0.29, 0.717) is 52.3 Å². The number of pyridine rings is 1. The summed E-state index contributed by atoms with van der Waals surface area (Å²) in [6.07, 6.45) is 5.16. The van der Waals surface area contributed by atoms with Gasteiger partial charge in [0.2, 0.25) is 28.6 Å². The molecule has 2 saturated heterocycles. The fraction of sp³-hybridized carbons (Fsp3) is 0.448. The number of benzene rings is 1. The summed E-state index contributed by atoms with van der Waals surface area (Å²) in [4.78, 5) is 32.5. The number of hydrogen-bond acceptors (Lipinski definition) is 10. The average Bonchev–Trinajstić information content (AvgIpc) is 3.00. The van der Waals surface area contributed by atoms with Crippen molar-refractivity contribution in [3.05, 3.63) is 58.3 Å². The third-order valence-corrected chi connectivity index (χ3v) is 8.57. The first-order valence-electron chi connectivity index (χ1n) is 14.5. The van der Waals surface area contributed by atoms with Gasteiger partial charge in [0.25, 0.3) is 0 Å². The van der Waals surface area contributed by atoms with Crippen molar-refractivity contribution < 1.29 is 17.9 Å². The van der Waals surface area contributed by atoms with Gasteiger partial charge in [0.15, 0.2) is 5.75 Å². The first-order valence-corrected chi connectivity index (χ1v) is 16.4. The summed E-state index contributed by atoms with van der Waals surface area (Å²) in [7, 11) is -0.676. The highest BCUT2D eigenvalue weighted by molar-refractivity contribution is 7.70. The molecule has 44 heavy (non-hydrogen) atoms. The van der Waals surface area contributed by atoms with Crippen molar-refractivity contribution in [2.24, 2.45) is 5.92 Å². The topological polar surface area (TPSA) is 133 Å². The number of hydrogen-bond donors (Lipinski definition) is 3. The van der Waals surface area contributed by atoms with Crippen molar-refractivity contribution in [3.63, 3.8) is 0 Å². The number of carbonyl (C=O) groups is 1. The summed E-state index contributed by atoms with van der Waals surface area (Å²) in [5.41, 5.74) is 2.48. The summed E-state index contributed by atoms with van der Waals surface area (Å²) in [6, 6.07) is 9.26. The average molecular weight is 664 g/mol. The lowest BCUT2D eigenvalue weighted by Gasteiger charge is -2.32. The van der Waals surface area contributed by atoms with Crippen LogP contribution in [0, 0.1) is 5.92 Å². The zero-order valence-corrected chi connectivity index (χ0v) is 26.8. The Bertz CT molecular complexity index is 1480. The van der Waals surface area contributed by atoms with Crippen molar-refractivity contribution in [2.45, 2.75) is 19.4 Å². The predicted molar refractivity (Wildman–Crippen MR) is 171 cm³/mol. The fourth-order valence-corrected chi connectivity index (χ4v) is 6.07. The largest absolute Gasteiger partial charge is 0.436 e. The van der Waals surface area contributed by atoms with E-state index < -0.39 is 10.9 Å². The second kappa shape index (κ2) is 15.3. The van der Waals surface area contributed by atoms with Gasteiger partial charge < -0.3 is 19.9 Å². The van der Waals surface area contributed by atoms with Crippen molar-refractivity contribution in [2.75, 3.05) is 64.3 Å². The number of carbonyl (C=O) groups excluding carboxylic acids is 1. The number of rotatable bonds is 11. The molecule has 1 amide bonds. The van der Waals surface area contributed by atoms with Crippen molar-refractivity contribution in [1.82, 2.24) is 34.8 Å². The second-order valence-corrected chi connectivity index (χ2v) is 12.8. The zero-order chi connectivity index (χ0) is 31.1. The number of piperazine rings is 1. The molecule has 5 rings (SSSR count). The SMILES string of the molecule is CN1CCN(c2ncc(Oc3cc(CN4CCC(CNC(=O)CN[SH](=O)=O)CC4)cc(-c4cc(Cl)cc(Cl)c4)n3)cn2)CC1. The van der Waals surface area contributed by atoms with Crippen LogP contribution in [0.15, 0.2) is 42.7 Å². The lowest BCUT2D eigenvalue weighted by Crippen LogP contribution is -2.45. The molecule has 0 radical (unpaired) electrons. The van der Waals surface area contributed by atoms with Crippen molar-refractivity contribution in [1.29, 1.82) is 0 Å². The second-order valence-electron chi connectivity index (χ2n) is 11.1. The van der Waals surface area contributed by atoms with Crippen LogP contribution in [0.1, 0.15) is 18.4 Å². The molecule has 0 saturated carbocycles. The number of anilines is 1. The number of nitrogens with zero attached hydrogens (tertiary/aromatic N) is 6. The molecule has 0 unspecified atom stereocenters. The maximum atomic E-state index is 11.9. The number of ether oxygens (including phenoxy) is 1. The van der Waals surface area contributed by atoms with Gasteiger partial charge in [0.1, 0.15) is 0 Å². The summed E-state index contributed by atoms with van der Waals surface area (Å²) in [6.45, 7) is 6.35. The highest BCUT2D eigenvalue weighted by Crippen LogP contribution is 2.31. The van der Waals surface area contributed by atoms with Crippen molar-refractivity contribution >= 4 is 45.9 Å². The van der Waals surface area contributed by atoms with Gasteiger partial charge in [-0.15, -0.1) is 0 Å². The van der Waals surface area contributed by atoms with Crippen LogP contribution in [0.3, 0.4) is 0 Å². The Morgan fingerprint density at radius 1 is 0.977 bits per heavy atom. The molecule has 3 aromatic rings. The molecule has 0 bridgehead atoms. The molecule has 2 aliphatic rings. The summed E-state index contributed by atoms with van der Waals surface area (Å²) < 4.78 is 29.5. The molecule has 12 nitrogen and oxygen atoms in total. The number of likely N-dealkylation sites (N-methyl/N-ethyl adjacent to an activating group) is 1. The standard InChI is InChI=1S/C29H36Cl2N8O4S/c1-37-6-8-39(9-7-37)29-33-16-25(17-34-29)43-28-11-21(10-26(36-28)22-12-23(30)14-24(31)13-22)19-38-4-2-20(3-5-38)15-32-27(40)18-35-44(41)42/h10-14,16-17,20,44H,2-9,15,18-19H2,1H3,(H,32,40)(H,35,41,42). The molecule has 4 heterocycles. The summed E-state index contributed by atoms with van der Waals surface area (Å²) in [5.74, 6) is 1.58. The van der Waals surface area contributed by atoms with Gasteiger partial charge in [0, 0.05) is 60.9 Å². The van der Waals surface area contributed by atoms with E-state index in [9.17, 15) is 13.2 Å². The van der Waals surface area contributed by atoms with E-state index in [2.05, 4.69) is 41.8 Å². The number of amides is 1. The molecule has 2 aliphatic heterocycles. The fourth-order valence-electron chi connectivity index (χ4n) is 5.27. The molecule has 0 aliphatic carbocycles. The minimum absolute atomic E-state index is 0.239. The Morgan fingerprint density at radius 2 is 1.66 bits per heavy atom. The highest BCUT2D eigenvalue weighted by Gasteiger charge is 2.21.